The van der Waals surface area contributed by atoms with Crippen molar-refractivity contribution in [1.82, 2.24) is 0 Å². The molecular formula is C16H11Br2ClFNO4. The predicted molar refractivity (Wildman–Crippen MR) is 98.6 cm³/mol. The van der Waals surface area contributed by atoms with Gasteiger partial charge in [-0.15, -0.1) is 0 Å². The second kappa shape index (κ2) is 8.16. The van der Waals surface area contributed by atoms with Crippen LogP contribution in [0.25, 0.3) is 0 Å². The summed E-state index contributed by atoms with van der Waals surface area (Å²) in [5.74, 6) is -2.19. The minimum atomic E-state index is -0.817. The summed E-state index contributed by atoms with van der Waals surface area (Å²) in [6.45, 7) is 0. The number of esters is 2. The van der Waals surface area contributed by atoms with Gasteiger partial charge in [0.25, 0.3) is 0 Å². The van der Waals surface area contributed by atoms with Gasteiger partial charge in [0.15, 0.2) is 5.82 Å². The molecule has 0 atom stereocenters. The molecule has 0 unspecified atom stereocenters. The zero-order valence-electron chi connectivity index (χ0n) is 13.0. The average molecular weight is 496 g/mol. The van der Waals surface area contributed by atoms with Crippen LogP contribution in [0.3, 0.4) is 0 Å². The van der Waals surface area contributed by atoms with Crippen LogP contribution in [0.5, 0.6) is 0 Å². The van der Waals surface area contributed by atoms with Crippen LogP contribution in [-0.4, -0.2) is 26.2 Å². The molecule has 1 aromatic rings. The fraction of sp³-hybridized carbons (Fsp3) is 0.125. The first kappa shape index (κ1) is 19.7. The van der Waals surface area contributed by atoms with E-state index in [1.807, 2.05) is 0 Å². The van der Waals surface area contributed by atoms with Crippen molar-refractivity contribution < 1.29 is 23.5 Å². The third-order valence-electron chi connectivity index (χ3n) is 3.22. The van der Waals surface area contributed by atoms with Crippen molar-refractivity contribution in [2.45, 2.75) is 0 Å². The summed E-state index contributed by atoms with van der Waals surface area (Å²) in [5.41, 5.74) is -0.0987. The summed E-state index contributed by atoms with van der Waals surface area (Å²) in [5, 5.41) is 0.136. The number of halogens is 4. The van der Waals surface area contributed by atoms with Gasteiger partial charge >= 0.3 is 11.9 Å². The average Bonchev–Trinajstić information content (AvgIpc) is 2.81. The molecule has 0 N–H and O–H groups in total. The number of hydrogen-bond acceptors (Lipinski definition) is 5. The maximum absolute atomic E-state index is 14.3. The van der Waals surface area contributed by atoms with Crippen LogP contribution in [0, 0.1) is 5.82 Å². The molecule has 1 aromatic carbocycles. The molecule has 1 aliphatic rings. The first-order valence-corrected chi connectivity index (χ1v) is 8.67. The quantitative estimate of drug-likeness (QED) is 0.351. The number of methoxy groups -OCH3 is 2. The number of ether oxygens (including phenoxy) is 2. The maximum Gasteiger partial charge on any atom is 0.355 e. The second-order valence-electron chi connectivity index (χ2n) is 4.63. The molecule has 9 heteroatoms. The number of rotatable bonds is 3. The van der Waals surface area contributed by atoms with E-state index >= 15 is 0 Å². The summed E-state index contributed by atoms with van der Waals surface area (Å²) in [7, 11) is 2.35. The molecule has 0 bridgehead atoms. The second-order valence-corrected chi connectivity index (χ2v) is 6.69. The Labute approximate surface area is 165 Å². The smallest absolute Gasteiger partial charge is 0.355 e. The lowest BCUT2D eigenvalue weighted by Crippen LogP contribution is -2.27. The van der Waals surface area contributed by atoms with Gasteiger partial charge in [-0.3, -0.25) is 0 Å². The first-order chi connectivity index (χ1) is 11.8. The third-order valence-corrected chi connectivity index (χ3v) is 4.81. The highest BCUT2D eigenvalue weighted by Crippen LogP contribution is 2.42. The zero-order valence-corrected chi connectivity index (χ0v) is 16.9. The highest BCUT2D eigenvalue weighted by molar-refractivity contribution is 9.11. The number of carbonyl (C=O) groups excluding carboxylic acids is 2. The Morgan fingerprint density at radius 1 is 1.16 bits per heavy atom. The topological polar surface area (TPSA) is 55.8 Å². The van der Waals surface area contributed by atoms with Crippen molar-refractivity contribution in [3.05, 3.63) is 61.5 Å². The van der Waals surface area contributed by atoms with Gasteiger partial charge in [-0.1, -0.05) is 17.7 Å². The highest BCUT2D eigenvalue weighted by Gasteiger charge is 2.30. The lowest BCUT2D eigenvalue weighted by atomic mass is 10.1. The summed E-state index contributed by atoms with van der Waals surface area (Å²) < 4.78 is 24.0. The Kier molecular flexibility index (Phi) is 6.42. The predicted octanol–water partition coefficient (Wildman–Crippen LogP) is 4.49. The number of carbonyl (C=O) groups is 2. The van der Waals surface area contributed by atoms with Crippen molar-refractivity contribution in [3.8, 4) is 0 Å². The normalized spacial score (nSPS) is 13.8. The van der Waals surface area contributed by atoms with Gasteiger partial charge in [-0.25, -0.2) is 14.0 Å². The minimum absolute atomic E-state index is 0.00374. The van der Waals surface area contributed by atoms with E-state index in [1.54, 1.807) is 6.08 Å². The van der Waals surface area contributed by atoms with Gasteiger partial charge in [-0.05, 0) is 50.1 Å². The minimum Gasteiger partial charge on any atom is -0.465 e. The molecule has 25 heavy (non-hydrogen) atoms. The summed E-state index contributed by atoms with van der Waals surface area (Å²) in [6.07, 6.45) is 5.94. The van der Waals surface area contributed by atoms with Gasteiger partial charge in [0.1, 0.15) is 5.70 Å². The van der Waals surface area contributed by atoms with E-state index < -0.39 is 17.8 Å². The van der Waals surface area contributed by atoms with Crippen LogP contribution >= 0.6 is 43.5 Å². The van der Waals surface area contributed by atoms with Crippen LogP contribution < -0.4 is 4.90 Å². The Balaban J connectivity index is 2.81. The van der Waals surface area contributed by atoms with Crippen LogP contribution in [0.15, 0.2) is 50.7 Å². The third kappa shape index (κ3) is 3.80. The molecule has 0 saturated carbocycles. The van der Waals surface area contributed by atoms with Crippen LogP contribution in [0.4, 0.5) is 10.1 Å². The number of anilines is 1. The summed E-state index contributed by atoms with van der Waals surface area (Å²) >= 11 is 12.5. The van der Waals surface area contributed by atoms with Gasteiger partial charge < -0.3 is 14.4 Å². The Morgan fingerprint density at radius 3 is 2.40 bits per heavy atom. The summed E-state index contributed by atoms with van der Waals surface area (Å²) in [4.78, 5) is 25.7. The van der Waals surface area contributed by atoms with E-state index in [1.165, 1.54) is 43.5 Å². The van der Waals surface area contributed by atoms with Gasteiger partial charge in [0.05, 0.1) is 39.4 Å². The van der Waals surface area contributed by atoms with Gasteiger partial charge in [0.2, 0.25) is 0 Å². The largest absolute Gasteiger partial charge is 0.465 e. The van der Waals surface area contributed by atoms with Crippen LogP contribution in [0.2, 0.25) is 5.02 Å². The van der Waals surface area contributed by atoms with Crippen molar-refractivity contribution >= 4 is 61.1 Å². The Bertz CT molecular complexity index is 836. The lowest BCUT2D eigenvalue weighted by Gasteiger charge is -2.25. The monoisotopic (exact) mass is 493 g/mol. The molecule has 0 amide bonds. The molecular weight excluding hydrogens is 484 g/mol. The Morgan fingerprint density at radius 2 is 1.80 bits per heavy atom. The maximum atomic E-state index is 14.3. The molecule has 0 aromatic heterocycles. The first-order valence-electron chi connectivity index (χ1n) is 6.71. The van der Waals surface area contributed by atoms with Crippen LogP contribution in [-0.2, 0) is 19.1 Å². The standard InChI is InChI=1S/C16H11Br2ClFNO4/c1-24-15(22)8-5-3-4-6-21(13(8)16(23)25-2)14-10(19)7-9(17)12(20)11(14)18/h3-7H,1-2H3. The molecule has 2 rings (SSSR count). The molecule has 5 nitrogen and oxygen atoms in total. The lowest BCUT2D eigenvalue weighted by molar-refractivity contribution is -0.139. The number of hydrogen-bond donors (Lipinski definition) is 0. The molecule has 0 fully saturated rings. The van der Waals surface area contributed by atoms with E-state index in [4.69, 9.17) is 21.1 Å². The fourth-order valence-electron chi connectivity index (χ4n) is 2.11. The molecule has 0 radical (unpaired) electrons. The molecule has 0 saturated heterocycles. The zero-order chi connectivity index (χ0) is 18.7. The molecule has 1 aliphatic heterocycles. The van der Waals surface area contributed by atoms with Crippen molar-refractivity contribution in [3.63, 3.8) is 0 Å². The van der Waals surface area contributed by atoms with Crippen LogP contribution in [0.1, 0.15) is 0 Å². The SMILES string of the molecule is COC(=O)C1=C(C(=O)OC)N(c2c(Cl)cc(Br)c(F)c2Br)C=CC=C1. The fourth-order valence-corrected chi connectivity index (χ4v) is 3.97. The molecule has 1 heterocycles. The van der Waals surface area contributed by atoms with E-state index in [2.05, 4.69) is 31.9 Å². The highest BCUT2D eigenvalue weighted by atomic mass is 79.9. The Hall–Kier alpha value is -1.64. The van der Waals surface area contributed by atoms with E-state index in [9.17, 15) is 14.0 Å². The van der Waals surface area contributed by atoms with Gasteiger partial charge in [0, 0.05) is 6.20 Å². The van der Waals surface area contributed by atoms with Crippen molar-refractivity contribution in [2.24, 2.45) is 0 Å². The van der Waals surface area contributed by atoms with Gasteiger partial charge in [-0.2, -0.15) is 0 Å². The van der Waals surface area contributed by atoms with Crippen molar-refractivity contribution in [1.29, 1.82) is 0 Å². The number of nitrogens with zero attached hydrogens (tertiary/aromatic N) is 1. The van der Waals surface area contributed by atoms with E-state index in [0.717, 1.165) is 0 Å². The van der Waals surface area contributed by atoms with E-state index in [0.29, 0.717) is 0 Å². The number of benzene rings is 1. The molecule has 0 spiro atoms. The van der Waals surface area contributed by atoms with E-state index in [-0.39, 0.29) is 30.9 Å². The van der Waals surface area contributed by atoms with Crippen molar-refractivity contribution in [2.75, 3.05) is 19.1 Å². The molecule has 0 aliphatic carbocycles. The molecule has 132 valence electrons. The number of allylic oxidation sites excluding steroid dienone is 2. The summed E-state index contributed by atoms with van der Waals surface area (Å²) in [6, 6.07) is 1.34.